The van der Waals surface area contributed by atoms with Crippen LogP contribution >= 0.6 is 11.6 Å². The highest BCUT2D eigenvalue weighted by Crippen LogP contribution is 2.24. The molecule has 2 aromatic rings. The second-order valence-electron chi connectivity index (χ2n) is 4.92. The Hall–Kier alpha value is -1.92. The lowest BCUT2D eigenvalue weighted by atomic mass is 10.1. The molecule has 2 rings (SSSR count). The summed E-state index contributed by atoms with van der Waals surface area (Å²) in [6.07, 6.45) is -1.62. The SMILES string of the molecule is CCn1nc(C)c(NC(=O)C(O)c2ccc(Cl)cc2F)c1C. The number of nitrogens with zero attached hydrogens (tertiary/aromatic N) is 2. The van der Waals surface area contributed by atoms with E-state index in [2.05, 4.69) is 10.4 Å². The number of aliphatic hydroxyl groups is 1. The smallest absolute Gasteiger partial charge is 0.258 e. The minimum atomic E-state index is -1.62. The molecule has 1 aromatic carbocycles. The number of carbonyl (C=O) groups is 1. The van der Waals surface area contributed by atoms with Crippen molar-refractivity contribution in [1.29, 1.82) is 0 Å². The molecule has 0 aliphatic carbocycles. The first kappa shape index (κ1) is 16.5. The number of aryl methyl sites for hydroxylation is 2. The molecule has 0 bridgehead atoms. The fourth-order valence-electron chi connectivity index (χ4n) is 2.24. The lowest BCUT2D eigenvalue weighted by molar-refractivity contribution is -0.124. The minimum absolute atomic E-state index is 0.125. The molecule has 5 nitrogen and oxygen atoms in total. The maximum absolute atomic E-state index is 13.8. The standard InChI is InChI=1S/C15H17ClFN3O2/c1-4-20-9(3)13(8(2)19-20)18-15(22)14(21)11-6-5-10(16)7-12(11)17/h5-7,14,21H,4H2,1-3H3,(H,18,22). The van der Waals surface area contributed by atoms with Crippen molar-refractivity contribution in [3.8, 4) is 0 Å². The van der Waals surface area contributed by atoms with E-state index in [0.29, 0.717) is 17.9 Å². The van der Waals surface area contributed by atoms with E-state index >= 15 is 0 Å². The van der Waals surface area contributed by atoms with Crippen LogP contribution in [0.25, 0.3) is 0 Å². The molecule has 1 aromatic heterocycles. The van der Waals surface area contributed by atoms with Crippen molar-refractivity contribution < 1.29 is 14.3 Å². The van der Waals surface area contributed by atoms with Crippen LogP contribution in [0.15, 0.2) is 18.2 Å². The Labute approximate surface area is 132 Å². The van der Waals surface area contributed by atoms with Crippen molar-refractivity contribution in [3.05, 3.63) is 46.0 Å². The predicted molar refractivity (Wildman–Crippen MR) is 82.4 cm³/mol. The quantitative estimate of drug-likeness (QED) is 0.908. The van der Waals surface area contributed by atoms with E-state index in [1.54, 1.807) is 11.6 Å². The van der Waals surface area contributed by atoms with Gasteiger partial charge in [0.05, 0.1) is 17.1 Å². The van der Waals surface area contributed by atoms with Crippen LogP contribution < -0.4 is 5.32 Å². The molecule has 0 radical (unpaired) electrons. The third kappa shape index (κ3) is 3.13. The van der Waals surface area contributed by atoms with Gasteiger partial charge in [0.2, 0.25) is 0 Å². The first-order valence-corrected chi connectivity index (χ1v) is 7.20. The molecule has 0 saturated carbocycles. The Balaban J connectivity index is 2.23. The summed E-state index contributed by atoms with van der Waals surface area (Å²) < 4.78 is 15.5. The second-order valence-corrected chi connectivity index (χ2v) is 5.36. The number of halogens is 2. The molecule has 0 aliphatic rings. The highest BCUT2D eigenvalue weighted by Gasteiger charge is 2.23. The lowest BCUT2D eigenvalue weighted by Gasteiger charge is -2.13. The minimum Gasteiger partial charge on any atom is -0.378 e. The highest BCUT2D eigenvalue weighted by molar-refractivity contribution is 6.30. The largest absolute Gasteiger partial charge is 0.378 e. The summed E-state index contributed by atoms with van der Waals surface area (Å²) in [7, 11) is 0. The van der Waals surface area contributed by atoms with Crippen LogP contribution in [0.2, 0.25) is 5.02 Å². The Kier molecular flexibility index (Phi) is 4.83. The van der Waals surface area contributed by atoms with Crippen molar-refractivity contribution in [1.82, 2.24) is 9.78 Å². The van der Waals surface area contributed by atoms with Gasteiger partial charge < -0.3 is 10.4 Å². The highest BCUT2D eigenvalue weighted by atomic mass is 35.5. The Morgan fingerprint density at radius 3 is 2.73 bits per heavy atom. The maximum Gasteiger partial charge on any atom is 0.258 e. The van der Waals surface area contributed by atoms with Gasteiger partial charge in [-0.05, 0) is 32.9 Å². The van der Waals surface area contributed by atoms with Crippen molar-refractivity contribution in [2.24, 2.45) is 0 Å². The van der Waals surface area contributed by atoms with Crippen molar-refractivity contribution in [2.45, 2.75) is 33.4 Å². The summed E-state index contributed by atoms with van der Waals surface area (Å²) in [5.41, 5.74) is 1.81. The molecule has 118 valence electrons. The maximum atomic E-state index is 13.8. The van der Waals surface area contributed by atoms with E-state index in [4.69, 9.17) is 11.6 Å². The topological polar surface area (TPSA) is 67.2 Å². The van der Waals surface area contributed by atoms with E-state index in [9.17, 15) is 14.3 Å². The van der Waals surface area contributed by atoms with Gasteiger partial charge in [-0.25, -0.2) is 4.39 Å². The van der Waals surface area contributed by atoms with Gasteiger partial charge in [-0.1, -0.05) is 17.7 Å². The number of hydrogen-bond acceptors (Lipinski definition) is 3. The normalized spacial score (nSPS) is 12.3. The first-order chi connectivity index (χ1) is 10.3. The summed E-state index contributed by atoms with van der Waals surface area (Å²) in [6, 6.07) is 3.76. The van der Waals surface area contributed by atoms with E-state index in [1.165, 1.54) is 12.1 Å². The van der Waals surface area contributed by atoms with E-state index in [0.717, 1.165) is 11.8 Å². The first-order valence-electron chi connectivity index (χ1n) is 6.83. The molecular weight excluding hydrogens is 309 g/mol. The fourth-order valence-corrected chi connectivity index (χ4v) is 2.40. The number of anilines is 1. The summed E-state index contributed by atoms with van der Waals surface area (Å²) >= 11 is 5.66. The Bertz CT molecular complexity index is 715. The molecule has 7 heteroatoms. The van der Waals surface area contributed by atoms with Gasteiger partial charge >= 0.3 is 0 Å². The summed E-state index contributed by atoms with van der Waals surface area (Å²) in [5, 5.41) is 17.1. The molecule has 0 spiro atoms. The Morgan fingerprint density at radius 1 is 1.50 bits per heavy atom. The zero-order valence-electron chi connectivity index (χ0n) is 12.5. The fraction of sp³-hybridized carbons (Fsp3) is 0.333. The van der Waals surface area contributed by atoms with Gasteiger partial charge in [0, 0.05) is 17.1 Å². The molecule has 1 unspecified atom stereocenters. The van der Waals surface area contributed by atoms with E-state index in [-0.39, 0.29) is 10.6 Å². The zero-order chi connectivity index (χ0) is 16.4. The molecular formula is C15H17ClFN3O2. The number of hydrogen-bond donors (Lipinski definition) is 2. The van der Waals surface area contributed by atoms with Crippen LogP contribution in [-0.2, 0) is 11.3 Å². The summed E-state index contributed by atoms with van der Waals surface area (Å²) in [5.74, 6) is -1.45. The summed E-state index contributed by atoms with van der Waals surface area (Å²) in [4.78, 5) is 12.2. The molecule has 0 fully saturated rings. The van der Waals surface area contributed by atoms with Crippen LogP contribution in [0.4, 0.5) is 10.1 Å². The number of aromatic nitrogens is 2. The molecule has 1 heterocycles. The average molecular weight is 326 g/mol. The number of aliphatic hydroxyl groups excluding tert-OH is 1. The van der Waals surface area contributed by atoms with Crippen LogP contribution in [0, 0.1) is 19.7 Å². The van der Waals surface area contributed by atoms with Gasteiger partial charge in [0.1, 0.15) is 5.82 Å². The van der Waals surface area contributed by atoms with Gasteiger partial charge in [-0.2, -0.15) is 5.10 Å². The number of carbonyl (C=O) groups excluding carboxylic acids is 1. The molecule has 1 atom stereocenters. The third-order valence-electron chi connectivity index (χ3n) is 3.43. The van der Waals surface area contributed by atoms with Crippen molar-refractivity contribution in [3.63, 3.8) is 0 Å². The van der Waals surface area contributed by atoms with E-state index < -0.39 is 17.8 Å². The van der Waals surface area contributed by atoms with Crippen LogP contribution in [-0.4, -0.2) is 20.8 Å². The van der Waals surface area contributed by atoms with Gasteiger partial charge in [0.25, 0.3) is 5.91 Å². The molecule has 2 N–H and O–H groups in total. The third-order valence-corrected chi connectivity index (χ3v) is 3.67. The molecule has 0 saturated heterocycles. The van der Waals surface area contributed by atoms with Crippen molar-refractivity contribution in [2.75, 3.05) is 5.32 Å². The zero-order valence-corrected chi connectivity index (χ0v) is 13.3. The number of benzene rings is 1. The van der Waals surface area contributed by atoms with Crippen LogP contribution in [0.1, 0.15) is 30.0 Å². The number of amides is 1. The van der Waals surface area contributed by atoms with Gasteiger partial charge in [0.15, 0.2) is 6.10 Å². The monoisotopic (exact) mass is 325 g/mol. The predicted octanol–water partition coefficient (Wildman–Crippen LogP) is 2.98. The number of nitrogens with one attached hydrogen (secondary N) is 1. The van der Waals surface area contributed by atoms with E-state index in [1.807, 2.05) is 13.8 Å². The second kappa shape index (κ2) is 6.46. The lowest BCUT2D eigenvalue weighted by Crippen LogP contribution is -2.22. The van der Waals surface area contributed by atoms with Crippen LogP contribution in [0.3, 0.4) is 0 Å². The van der Waals surface area contributed by atoms with Gasteiger partial charge in [-0.3, -0.25) is 9.48 Å². The average Bonchev–Trinajstić information content (AvgIpc) is 2.74. The molecule has 1 amide bonds. The Morgan fingerprint density at radius 2 is 2.18 bits per heavy atom. The molecule has 22 heavy (non-hydrogen) atoms. The van der Waals surface area contributed by atoms with Gasteiger partial charge in [-0.15, -0.1) is 0 Å². The van der Waals surface area contributed by atoms with Crippen LogP contribution in [0.5, 0.6) is 0 Å². The number of rotatable bonds is 4. The molecule has 0 aliphatic heterocycles. The summed E-state index contributed by atoms with van der Waals surface area (Å²) in [6.45, 7) is 6.16. The van der Waals surface area contributed by atoms with Crippen molar-refractivity contribution >= 4 is 23.2 Å².